The first-order valence-electron chi connectivity index (χ1n) is 5.13. The van der Waals surface area contributed by atoms with Crippen LogP contribution in [0.2, 0.25) is 0 Å². The lowest BCUT2D eigenvalue weighted by atomic mass is 10.3. The van der Waals surface area contributed by atoms with Crippen molar-refractivity contribution in [3.63, 3.8) is 0 Å². The van der Waals surface area contributed by atoms with Crippen LogP contribution >= 0.6 is 0 Å². The maximum absolute atomic E-state index is 11.5. The standard InChI is InChI=1S/C10H13NO5/c1-3-14-9(13)8-6(2)15-10(16-8)5-4-7(12)11-10/h3-5H2,1-2H3,(H,11,12). The number of amides is 1. The van der Waals surface area contributed by atoms with Crippen molar-refractivity contribution in [2.24, 2.45) is 0 Å². The number of hydrogen-bond donors (Lipinski definition) is 1. The summed E-state index contributed by atoms with van der Waals surface area (Å²) in [5.41, 5.74) is 0. The van der Waals surface area contributed by atoms with E-state index in [1.54, 1.807) is 13.8 Å². The van der Waals surface area contributed by atoms with Gasteiger partial charge in [0.25, 0.3) is 0 Å². The first kappa shape index (κ1) is 10.8. The molecule has 6 heteroatoms. The van der Waals surface area contributed by atoms with Crippen LogP contribution in [0, 0.1) is 0 Å². The number of hydrogen-bond acceptors (Lipinski definition) is 5. The Hall–Kier alpha value is -1.72. The molecule has 2 heterocycles. The summed E-state index contributed by atoms with van der Waals surface area (Å²) in [7, 11) is 0. The monoisotopic (exact) mass is 227 g/mol. The zero-order valence-electron chi connectivity index (χ0n) is 9.16. The fourth-order valence-corrected chi connectivity index (χ4v) is 1.70. The molecule has 0 aliphatic carbocycles. The van der Waals surface area contributed by atoms with Crippen LogP contribution in [0.15, 0.2) is 11.5 Å². The van der Waals surface area contributed by atoms with E-state index in [9.17, 15) is 9.59 Å². The van der Waals surface area contributed by atoms with Gasteiger partial charge in [0.1, 0.15) is 5.76 Å². The minimum atomic E-state index is -1.19. The summed E-state index contributed by atoms with van der Waals surface area (Å²) in [5, 5.41) is 2.55. The molecule has 88 valence electrons. The van der Waals surface area contributed by atoms with Gasteiger partial charge in [-0.3, -0.25) is 10.1 Å². The van der Waals surface area contributed by atoms with E-state index < -0.39 is 11.9 Å². The van der Waals surface area contributed by atoms with E-state index in [2.05, 4.69) is 5.32 Å². The number of ether oxygens (including phenoxy) is 3. The van der Waals surface area contributed by atoms with E-state index in [1.165, 1.54) is 0 Å². The van der Waals surface area contributed by atoms with Gasteiger partial charge < -0.3 is 14.2 Å². The maximum Gasteiger partial charge on any atom is 0.377 e. The summed E-state index contributed by atoms with van der Waals surface area (Å²) in [6.45, 7) is 3.57. The largest absolute Gasteiger partial charge is 0.460 e. The summed E-state index contributed by atoms with van der Waals surface area (Å²) in [6.07, 6.45) is 0.704. The Morgan fingerprint density at radius 1 is 1.56 bits per heavy atom. The van der Waals surface area contributed by atoms with Gasteiger partial charge in [0.05, 0.1) is 13.0 Å². The number of allylic oxidation sites excluding steroid dienone is 1. The Morgan fingerprint density at radius 3 is 2.88 bits per heavy atom. The van der Waals surface area contributed by atoms with E-state index in [-0.39, 0.29) is 18.3 Å². The van der Waals surface area contributed by atoms with Gasteiger partial charge in [-0.05, 0) is 13.8 Å². The summed E-state index contributed by atoms with van der Waals surface area (Å²) in [4.78, 5) is 22.6. The van der Waals surface area contributed by atoms with E-state index in [0.717, 1.165) is 0 Å². The molecular weight excluding hydrogens is 214 g/mol. The van der Waals surface area contributed by atoms with Crippen molar-refractivity contribution in [1.29, 1.82) is 0 Å². The summed E-state index contributed by atoms with van der Waals surface area (Å²) in [6, 6.07) is 0. The quantitative estimate of drug-likeness (QED) is 0.691. The topological polar surface area (TPSA) is 73.9 Å². The van der Waals surface area contributed by atoms with Gasteiger partial charge in [-0.1, -0.05) is 0 Å². The molecule has 0 bridgehead atoms. The van der Waals surface area contributed by atoms with Crippen molar-refractivity contribution in [1.82, 2.24) is 5.32 Å². The predicted octanol–water partition coefficient (Wildman–Crippen LogP) is 0.392. The molecule has 1 spiro atoms. The third-order valence-electron chi connectivity index (χ3n) is 2.38. The second kappa shape index (κ2) is 3.70. The Balaban J connectivity index is 2.10. The van der Waals surface area contributed by atoms with Gasteiger partial charge in [0, 0.05) is 6.42 Å². The molecule has 2 rings (SSSR count). The van der Waals surface area contributed by atoms with E-state index in [4.69, 9.17) is 14.2 Å². The lowest BCUT2D eigenvalue weighted by Gasteiger charge is -2.22. The lowest BCUT2D eigenvalue weighted by Crippen LogP contribution is -2.43. The third-order valence-corrected chi connectivity index (χ3v) is 2.38. The first-order chi connectivity index (χ1) is 7.56. The molecule has 2 aliphatic heterocycles. The molecular formula is C10H13NO5. The molecule has 1 saturated heterocycles. The molecule has 1 unspecified atom stereocenters. The maximum atomic E-state index is 11.5. The first-order valence-corrected chi connectivity index (χ1v) is 5.13. The van der Waals surface area contributed by atoms with Crippen molar-refractivity contribution < 1.29 is 23.8 Å². The fourth-order valence-electron chi connectivity index (χ4n) is 1.70. The normalized spacial score (nSPS) is 27.8. The summed E-state index contributed by atoms with van der Waals surface area (Å²) < 4.78 is 15.6. The van der Waals surface area contributed by atoms with Crippen LogP contribution < -0.4 is 5.32 Å². The SMILES string of the molecule is CCOC(=O)C1=C(C)OC2(CCC(=O)N2)O1. The third kappa shape index (κ3) is 1.70. The molecule has 16 heavy (non-hydrogen) atoms. The van der Waals surface area contributed by atoms with Gasteiger partial charge in [-0.25, -0.2) is 4.79 Å². The van der Waals surface area contributed by atoms with Crippen LogP contribution in [-0.2, 0) is 23.8 Å². The van der Waals surface area contributed by atoms with Crippen LogP contribution in [0.4, 0.5) is 0 Å². The zero-order valence-corrected chi connectivity index (χ0v) is 9.16. The minimum absolute atomic E-state index is 0.0315. The van der Waals surface area contributed by atoms with Gasteiger partial charge >= 0.3 is 11.9 Å². The number of esters is 1. The Bertz CT molecular complexity index is 375. The van der Waals surface area contributed by atoms with Crippen LogP contribution in [0.5, 0.6) is 0 Å². The van der Waals surface area contributed by atoms with Gasteiger partial charge in [0.2, 0.25) is 11.7 Å². The molecule has 0 radical (unpaired) electrons. The number of rotatable bonds is 2. The number of nitrogens with one attached hydrogen (secondary N) is 1. The van der Waals surface area contributed by atoms with Gasteiger partial charge in [0.15, 0.2) is 0 Å². The molecule has 0 aromatic rings. The van der Waals surface area contributed by atoms with Crippen LogP contribution in [0.25, 0.3) is 0 Å². The van der Waals surface area contributed by atoms with E-state index in [0.29, 0.717) is 18.6 Å². The number of carbonyl (C=O) groups excluding carboxylic acids is 2. The van der Waals surface area contributed by atoms with Gasteiger partial charge in [-0.2, -0.15) is 0 Å². The van der Waals surface area contributed by atoms with Crippen molar-refractivity contribution in [2.45, 2.75) is 32.6 Å². The van der Waals surface area contributed by atoms with Crippen LogP contribution in [0.1, 0.15) is 26.7 Å². The highest BCUT2D eigenvalue weighted by Crippen LogP contribution is 2.35. The van der Waals surface area contributed by atoms with Crippen molar-refractivity contribution >= 4 is 11.9 Å². The minimum Gasteiger partial charge on any atom is -0.460 e. The smallest absolute Gasteiger partial charge is 0.377 e. The van der Waals surface area contributed by atoms with Crippen molar-refractivity contribution in [3.8, 4) is 0 Å². The molecule has 1 amide bonds. The van der Waals surface area contributed by atoms with E-state index >= 15 is 0 Å². The highest BCUT2D eigenvalue weighted by Gasteiger charge is 2.49. The summed E-state index contributed by atoms with van der Waals surface area (Å²) >= 11 is 0. The van der Waals surface area contributed by atoms with Crippen LogP contribution in [-0.4, -0.2) is 24.4 Å². The van der Waals surface area contributed by atoms with Crippen molar-refractivity contribution in [3.05, 3.63) is 11.5 Å². The molecule has 2 aliphatic rings. The second-order valence-electron chi connectivity index (χ2n) is 3.61. The van der Waals surface area contributed by atoms with Crippen molar-refractivity contribution in [2.75, 3.05) is 6.61 Å². The average molecular weight is 227 g/mol. The van der Waals surface area contributed by atoms with E-state index in [1.807, 2.05) is 0 Å². The Kier molecular flexibility index (Phi) is 2.49. The molecule has 0 saturated carbocycles. The molecule has 1 fully saturated rings. The Morgan fingerprint density at radius 2 is 2.31 bits per heavy atom. The zero-order chi connectivity index (χ0) is 11.8. The molecule has 1 N–H and O–H groups in total. The fraction of sp³-hybridized carbons (Fsp3) is 0.600. The highest BCUT2D eigenvalue weighted by molar-refractivity contribution is 5.87. The van der Waals surface area contributed by atoms with Crippen LogP contribution in [0.3, 0.4) is 0 Å². The molecule has 6 nitrogen and oxygen atoms in total. The number of carbonyl (C=O) groups is 2. The lowest BCUT2D eigenvalue weighted by molar-refractivity contribution is -0.177. The predicted molar refractivity (Wildman–Crippen MR) is 51.6 cm³/mol. The Labute approximate surface area is 92.5 Å². The molecule has 1 atom stereocenters. The summed E-state index contributed by atoms with van der Waals surface area (Å²) in [5.74, 6) is -1.55. The highest BCUT2D eigenvalue weighted by atomic mass is 16.8. The average Bonchev–Trinajstić information content (AvgIpc) is 2.72. The molecule has 0 aromatic carbocycles. The molecule has 0 aromatic heterocycles. The van der Waals surface area contributed by atoms with Gasteiger partial charge in [-0.15, -0.1) is 0 Å². The second-order valence-corrected chi connectivity index (χ2v) is 3.61.